The first-order valence-corrected chi connectivity index (χ1v) is 18.1. The van der Waals surface area contributed by atoms with Gasteiger partial charge in [-0.05, 0) is 91.5 Å². The number of aromatic nitrogens is 2. The molecule has 1 amide bonds. The number of piperazine rings is 1. The van der Waals surface area contributed by atoms with Gasteiger partial charge >= 0.3 is 5.97 Å². The number of rotatable bonds is 11. The van der Waals surface area contributed by atoms with Crippen LogP contribution in [0.15, 0.2) is 79.0 Å². The summed E-state index contributed by atoms with van der Waals surface area (Å²) in [6, 6.07) is 23.7. The van der Waals surface area contributed by atoms with Crippen LogP contribution in [0.5, 0.6) is 5.75 Å². The highest BCUT2D eigenvalue weighted by Crippen LogP contribution is 2.38. The number of fused-ring (bicyclic) bond motifs is 2. The maximum atomic E-state index is 13.9. The molecule has 1 aliphatic heterocycles. The maximum absolute atomic E-state index is 13.9. The number of carbonyl (C=O) groups is 2. The summed E-state index contributed by atoms with van der Waals surface area (Å²) >= 11 is 0. The van der Waals surface area contributed by atoms with Crippen LogP contribution in [0.1, 0.15) is 60.9 Å². The summed E-state index contributed by atoms with van der Waals surface area (Å²) in [7, 11) is 1.66. The molecular weight excluding hydrogens is 626 g/mol. The van der Waals surface area contributed by atoms with Crippen molar-refractivity contribution in [2.45, 2.75) is 51.5 Å². The SMILES string of the molecule is CCN1CCN(C(=O)CN(CCn2cc(C3CCCCC3)c3ccc(C(=O)O)cc32)c2cccc3nc(-c4ccc(OC)cc4)ccc23)CC1. The van der Waals surface area contributed by atoms with Crippen molar-refractivity contribution < 1.29 is 19.4 Å². The fraction of sp³-hybridized carbons (Fsp3) is 0.390. The first-order chi connectivity index (χ1) is 24.4. The lowest BCUT2D eigenvalue weighted by molar-refractivity contribution is -0.131. The number of methoxy groups -OCH3 is 1. The van der Waals surface area contributed by atoms with E-state index < -0.39 is 5.97 Å². The molecule has 9 nitrogen and oxygen atoms in total. The number of carboxylic acids is 1. The predicted molar refractivity (Wildman–Crippen MR) is 199 cm³/mol. The number of ether oxygens (including phenoxy) is 1. The van der Waals surface area contributed by atoms with Crippen LogP contribution in [-0.4, -0.2) is 89.3 Å². The van der Waals surface area contributed by atoms with E-state index >= 15 is 0 Å². The highest BCUT2D eigenvalue weighted by molar-refractivity contribution is 5.96. The van der Waals surface area contributed by atoms with Gasteiger partial charge in [0.2, 0.25) is 5.91 Å². The van der Waals surface area contributed by atoms with Crippen LogP contribution in [0.2, 0.25) is 0 Å². The average Bonchev–Trinajstić information content (AvgIpc) is 3.54. The molecule has 3 aromatic carbocycles. The molecule has 2 fully saturated rings. The van der Waals surface area contributed by atoms with Gasteiger partial charge in [-0.1, -0.05) is 38.3 Å². The Morgan fingerprint density at radius 2 is 1.68 bits per heavy atom. The van der Waals surface area contributed by atoms with Gasteiger partial charge in [0.25, 0.3) is 0 Å². The van der Waals surface area contributed by atoms with Crippen molar-refractivity contribution in [3.63, 3.8) is 0 Å². The van der Waals surface area contributed by atoms with Crippen molar-refractivity contribution in [2.24, 2.45) is 0 Å². The Hall–Kier alpha value is -4.89. The Morgan fingerprint density at radius 3 is 2.40 bits per heavy atom. The summed E-state index contributed by atoms with van der Waals surface area (Å²) in [5, 5.41) is 12.0. The second-order valence-electron chi connectivity index (χ2n) is 13.7. The summed E-state index contributed by atoms with van der Waals surface area (Å²) in [6.45, 7) is 7.83. The van der Waals surface area contributed by atoms with Crippen molar-refractivity contribution in [1.82, 2.24) is 19.4 Å². The molecule has 3 heterocycles. The smallest absolute Gasteiger partial charge is 0.335 e. The van der Waals surface area contributed by atoms with E-state index in [4.69, 9.17) is 9.72 Å². The number of carboxylic acid groups (broad SMARTS) is 1. The van der Waals surface area contributed by atoms with Crippen LogP contribution in [0.4, 0.5) is 5.69 Å². The van der Waals surface area contributed by atoms with Crippen molar-refractivity contribution in [3.8, 4) is 17.0 Å². The van der Waals surface area contributed by atoms with Gasteiger partial charge in [-0.25, -0.2) is 9.78 Å². The largest absolute Gasteiger partial charge is 0.497 e. The van der Waals surface area contributed by atoms with E-state index in [0.29, 0.717) is 19.0 Å². The van der Waals surface area contributed by atoms with Gasteiger partial charge in [-0.15, -0.1) is 0 Å². The van der Waals surface area contributed by atoms with Crippen LogP contribution in [0.25, 0.3) is 33.1 Å². The minimum absolute atomic E-state index is 0.119. The van der Waals surface area contributed by atoms with Crippen LogP contribution in [0, 0.1) is 0 Å². The Bertz CT molecular complexity index is 1970. The molecule has 0 atom stereocenters. The van der Waals surface area contributed by atoms with E-state index in [1.807, 2.05) is 59.5 Å². The minimum Gasteiger partial charge on any atom is -0.497 e. The van der Waals surface area contributed by atoms with Gasteiger partial charge in [-0.2, -0.15) is 0 Å². The van der Waals surface area contributed by atoms with Gasteiger partial charge < -0.3 is 29.1 Å². The van der Waals surface area contributed by atoms with Gasteiger partial charge in [0.05, 0.1) is 30.4 Å². The maximum Gasteiger partial charge on any atom is 0.335 e. The first kappa shape index (κ1) is 33.6. The zero-order chi connectivity index (χ0) is 34.6. The molecule has 9 heteroatoms. The van der Waals surface area contributed by atoms with Gasteiger partial charge in [-0.3, -0.25) is 4.79 Å². The molecule has 0 radical (unpaired) electrons. The van der Waals surface area contributed by atoms with Crippen molar-refractivity contribution in [2.75, 3.05) is 57.8 Å². The number of pyridine rings is 1. The fourth-order valence-electron chi connectivity index (χ4n) is 7.80. The summed E-state index contributed by atoms with van der Waals surface area (Å²) in [4.78, 5) is 37.6. The summed E-state index contributed by atoms with van der Waals surface area (Å²) in [5.41, 5.74) is 6.25. The number of benzene rings is 3. The number of nitrogens with zero attached hydrogens (tertiary/aromatic N) is 5. The van der Waals surface area contributed by atoms with Crippen molar-refractivity contribution >= 4 is 39.4 Å². The van der Waals surface area contributed by atoms with Gasteiger partial charge in [0, 0.05) is 73.0 Å². The topological polar surface area (TPSA) is 91.1 Å². The average molecular weight is 674 g/mol. The molecule has 7 rings (SSSR count). The van der Waals surface area contributed by atoms with E-state index in [0.717, 1.165) is 90.1 Å². The van der Waals surface area contributed by atoms with Crippen LogP contribution >= 0.6 is 0 Å². The summed E-state index contributed by atoms with van der Waals surface area (Å²) in [5.74, 6) is 0.473. The lowest BCUT2D eigenvalue weighted by Crippen LogP contribution is -2.51. The normalized spacial score (nSPS) is 15.8. The second-order valence-corrected chi connectivity index (χ2v) is 13.7. The number of aromatic carboxylic acids is 1. The third-order valence-corrected chi connectivity index (χ3v) is 10.7. The lowest BCUT2D eigenvalue weighted by Gasteiger charge is -2.36. The molecule has 50 heavy (non-hydrogen) atoms. The number of hydrogen-bond acceptors (Lipinski definition) is 6. The van der Waals surface area contributed by atoms with Gasteiger partial charge in [0.15, 0.2) is 0 Å². The van der Waals surface area contributed by atoms with Crippen LogP contribution in [0.3, 0.4) is 0 Å². The molecule has 0 bridgehead atoms. The highest BCUT2D eigenvalue weighted by Gasteiger charge is 2.25. The number of likely N-dealkylation sites (N-methyl/N-ethyl adjacent to an activating group) is 1. The second kappa shape index (κ2) is 14.9. The third kappa shape index (κ3) is 7.05. The zero-order valence-electron chi connectivity index (χ0n) is 29.2. The van der Waals surface area contributed by atoms with E-state index in [1.54, 1.807) is 13.2 Å². The third-order valence-electron chi connectivity index (χ3n) is 10.7. The Kier molecular flexibility index (Phi) is 10.0. The first-order valence-electron chi connectivity index (χ1n) is 18.1. The number of hydrogen-bond donors (Lipinski definition) is 1. The Labute approximate surface area is 294 Å². The molecule has 1 N–H and O–H groups in total. The highest BCUT2D eigenvalue weighted by atomic mass is 16.5. The molecule has 2 aliphatic rings. The summed E-state index contributed by atoms with van der Waals surface area (Å²) in [6.07, 6.45) is 8.29. The number of anilines is 1. The zero-order valence-corrected chi connectivity index (χ0v) is 29.2. The molecular formula is C41H47N5O4. The van der Waals surface area contributed by atoms with Gasteiger partial charge in [0.1, 0.15) is 5.75 Å². The molecule has 2 aromatic heterocycles. The van der Waals surface area contributed by atoms with Crippen molar-refractivity contribution in [3.05, 3.63) is 90.1 Å². The van der Waals surface area contributed by atoms with E-state index in [1.165, 1.54) is 24.8 Å². The molecule has 0 spiro atoms. The van der Waals surface area contributed by atoms with Crippen molar-refractivity contribution in [1.29, 1.82) is 0 Å². The predicted octanol–water partition coefficient (Wildman–Crippen LogP) is 7.28. The lowest BCUT2D eigenvalue weighted by atomic mass is 9.84. The Morgan fingerprint density at radius 1 is 0.920 bits per heavy atom. The fourth-order valence-corrected chi connectivity index (χ4v) is 7.80. The van der Waals surface area contributed by atoms with E-state index in [-0.39, 0.29) is 18.0 Å². The number of carbonyl (C=O) groups excluding carboxylic acids is 1. The summed E-state index contributed by atoms with van der Waals surface area (Å²) < 4.78 is 7.56. The standard InChI is InChI=1S/C41H47N5O4/c1-3-43-20-22-44(23-21-43)40(47)28-46(38-11-7-10-37-34(38)18-19-36(42-37)30-12-15-32(50-2)16-13-30)25-24-45-27-35(29-8-5-4-6-9-29)33-17-14-31(41(48)49)26-39(33)45/h7,10-19,26-27,29H,3-6,8-9,20-25,28H2,1-2H3,(H,48,49). The molecule has 1 saturated carbocycles. The quantitative estimate of drug-likeness (QED) is 0.158. The molecule has 0 unspecified atom stereocenters. The van der Waals surface area contributed by atoms with Crippen LogP contribution in [-0.2, 0) is 11.3 Å². The minimum atomic E-state index is -0.925. The number of amides is 1. The monoisotopic (exact) mass is 673 g/mol. The molecule has 1 aliphatic carbocycles. The Balaban J connectivity index is 1.23. The molecule has 5 aromatic rings. The van der Waals surface area contributed by atoms with E-state index in [2.05, 4.69) is 39.6 Å². The van der Waals surface area contributed by atoms with E-state index in [9.17, 15) is 14.7 Å². The molecule has 260 valence electrons. The molecule has 1 saturated heterocycles. The van der Waals surface area contributed by atoms with Crippen LogP contribution < -0.4 is 9.64 Å².